The number of ketones is 3. The maximum atomic E-state index is 13.9. The van der Waals surface area contributed by atoms with Gasteiger partial charge in [-0.15, -0.1) is 0 Å². The van der Waals surface area contributed by atoms with E-state index in [-0.39, 0.29) is 35.5 Å². The standard InChI is InChI=1S/C29H28N2O8/c1-12(32)13-4-6-14(7-5-13)16-8-9-19(33)21-17(16)10-15-11-18-23(31(2)3)25(35)22(28(30)38)27(37)29(18,39)26(36)20(15)24(21)34/h4-9,15,18,23,33-34,37,39H,10-11H2,1-3H3,(H2,30,38)/t15-,18-,23-,29-/m1/s1. The summed E-state index contributed by atoms with van der Waals surface area (Å²) in [6.07, 6.45) is 0.177. The van der Waals surface area contributed by atoms with Gasteiger partial charge in [-0.25, -0.2) is 0 Å². The van der Waals surface area contributed by atoms with E-state index in [1.807, 2.05) is 0 Å². The Morgan fingerprint density at radius 1 is 1.03 bits per heavy atom. The summed E-state index contributed by atoms with van der Waals surface area (Å²) in [5, 5.41) is 44.7. The molecular weight excluding hydrogens is 504 g/mol. The van der Waals surface area contributed by atoms with Crippen molar-refractivity contribution in [2.24, 2.45) is 17.6 Å². The lowest BCUT2D eigenvalue weighted by Gasteiger charge is -2.50. The molecule has 0 heterocycles. The van der Waals surface area contributed by atoms with E-state index in [0.717, 1.165) is 5.56 Å². The van der Waals surface area contributed by atoms with Gasteiger partial charge in [0.2, 0.25) is 5.78 Å². The number of likely N-dealkylation sites (N-methyl/N-ethyl adjacent to an activating group) is 1. The number of nitrogens with zero attached hydrogens (tertiary/aromatic N) is 1. The van der Waals surface area contributed by atoms with Crippen molar-refractivity contribution < 1.29 is 39.6 Å². The first-order valence-corrected chi connectivity index (χ1v) is 12.4. The number of rotatable bonds is 4. The van der Waals surface area contributed by atoms with Crippen LogP contribution in [-0.4, -0.2) is 74.3 Å². The van der Waals surface area contributed by atoms with Crippen LogP contribution >= 0.6 is 0 Å². The van der Waals surface area contributed by atoms with Crippen LogP contribution in [-0.2, 0) is 20.8 Å². The first kappa shape index (κ1) is 26.3. The van der Waals surface area contributed by atoms with Crippen LogP contribution in [0.1, 0.15) is 34.8 Å². The van der Waals surface area contributed by atoms with Gasteiger partial charge in [0.1, 0.15) is 22.8 Å². The Hall–Kier alpha value is -4.28. The number of aliphatic hydroxyl groups excluding tert-OH is 2. The van der Waals surface area contributed by atoms with Crippen molar-refractivity contribution in [3.8, 4) is 16.9 Å². The molecule has 0 aromatic heterocycles. The van der Waals surface area contributed by atoms with Gasteiger partial charge in [0, 0.05) is 17.1 Å². The van der Waals surface area contributed by atoms with Crippen molar-refractivity contribution in [2.75, 3.05) is 14.1 Å². The number of hydrogen-bond acceptors (Lipinski definition) is 9. The predicted molar refractivity (Wildman–Crippen MR) is 140 cm³/mol. The second-order valence-electron chi connectivity index (χ2n) is 10.6. The maximum absolute atomic E-state index is 13.9. The lowest BCUT2D eigenvalue weighted by atomic mass is 9.57. The first-order chi connectivity index (χ1) is 18.3. The molecule has 1 saturated carbocycles. The summed E-state index contributed by atoms with van der Waals surface area (Å²) in [6, 6.07) is 8.75. The summed E-state index contributed by atoms with van der Waals surface area (Å²) in [5.74, 6) is -7.02. The summed E-state index contributed by atoms with van der Waals surface area (Å²) in [7, 11) is 3.10. The van der Waals surface area contributed by atoms with Gasteiger partial charge in [0.05, 0.1) is 11.6 Å². The fourth-order valence-corrected chi connectivity index (χ4v) is 6.40. The van der Waals surface area contributed by atoms with Crippen molar-refractivity contribution in [2.45, 2.75) is 31.4 Å². The molecule has 3 aliphatic rings. The molecule has 10 nitrogen and oxygen atoms in total. The van der Waals surface area contributed by atoms with E-state index in [1.54, 1.807) is 44.4 Å². The van der Waals surface area contributed by atoms with Crippen LogP contribution in [0.25, 0.3) is 16.9 Å². The monoisotopic (exact) mass is 532 g/mol. The van der Waals surface area contributed by atoms with Crippen molar-refractivity contribution in [1.82, 2.24) is 4.90 Å². The molecule has 2 aromatic rings. The highest BCUT2D eigenvalue weighted by Crippen LogP contribution is 2.53. The minimum Gasteiger partial charge on any atom is -0.508 e. The Labute approximate surface area is 223 Å². The highest BCUT2D eigenvalue weighted by molar-refractivity contribution is 6.24. The largest absolute Gasteiger partial charge is 0.508 e. The van der Waals surface area contributed by atoms with Gasteiger partial charge < -0.3 is 26.2 Å². The molecule has 0 saturated heterocycles. The lowest BCUT2D eigenvalue weighted by molar-refractivity contribution is -0.153. The summed E-state index contributed by atoms with van der Waals surface area (Å²) >= 11 is 0. The summed E-state index contributed by atoms with van der Waals surface area (Å²) in [4.78, 5) is 52.4. The van der Waals surface area contributed by atoms with Crippen LogP contribution in [0.5, 0.6) is 5.75 Å². The van der Waals surface area contributed by atoms with E-state index in [2.05, 4.69) is 0 Å². The number of carbonyl (C=O) groups excluding carboxylic acids is 4. The molecule has 0 spiro atoms. The average Bonchev–Trinajstić information content (AvgIpc) is 2.86. The second-order valence-corrected chi connectivity index (χ2v) is 10.6. The molecule has 1 amide bonds. The topological polar surface area (TPSA) is 178 Å². The molecule has 0 radical (unpaired) electrons. The third-order valence-corrected chi connectivity index (χ3v) is 8.21. The Balaban J connectivity index is 1.71. The van der Waals surface area contributed by atoms with Gasteiger partial charge >= 0.3 is 0 Å². The van der Waals surface area contributed by atoms with Gasteiger partial charge in [-0.2, -0.15) is 0 Å². The van der Waals surface area contributed by atoms with Crippen molar-refractivity contribution in [3.63, 3.8) is 0 Å². The quantitative estimate of drug-likeness (QED) is 0.290. The van der Waals surface area contributed by atoms with Crippen LogP contribution in [0, 0.1) is 11.8 Å². The van der Waals surface area contributed by atoms with Crippen LogP contribution in [0.15, 0.2) is 53.3 Å². The lowest BCUT2D eigenvalue weighted by Crippen LogP contribution is -2.65. The maximum Gasteiger partial charge on any atom is 0.255 e. The second kappa shape index (κ2) is 8.89. The zero-order chi connectivity index (χ0) is 28.5. The van der Waals surface area contributed by atoms with Crippen molar-refractivity contribution in [1.29, 1.82) is 0 Å². The molecular formula is C29H28N2O8. The van der Waals surface area contributed by atoms with E-state index in [4.69, 9.17) is 5.73 Å². The number of Topliss-reactive ketones (excluding diaryl/α,β-unsaturated/α-hetero) is 3. The number of amides is 1. The van der Waals surface area contributed by atoms with Gasteiger partial charge in [-0.1, -0.05) is 30.3 Å². The number of benzene rings is 2. The van der Waals surface area contributed by atoms with Crippen LogP contribution in [0.3, 0.4) is 0 Å². The van der Waals surface area contributed by atoms with E-state index in [9.17, 15) is 39.6 Å². The highest BCUT2D eigenvalue weighted by atomic mass is 16.3. The normalized spacial score (nSPS) is 26.3. The van der Waals surface area contributed by atoms with Crippen LogP contribution in [0.4, 0.5) is 0 Å². The van der Waals surface area contributed by atoms with E-state index >= 15 is 0 Å². The first-order valence-electron chi connectivity index (χ1n) is 12.4. The summed E-state index contributed by atoms with van der Waals surface area (Å²) in [5.41, 5.74) is 4.08. The third-order valence-electron chi connectivity index (χ3n) is 8.21. The fraction of sp³-hybridized carbons (Fsp3) is 0.310. The van der Waals surface area contributed by atoms with Gasteiger partial charge in [-0.3, -0.25) is 24.1 Å². The molecule has 3 aliphatic carbocycles. The zero-order valence-electron chi connectivity index (χ0n) is 21.6. The van der Waals surface area contributed by atoms with Crippen molar-refractivity contribution in [3.05, 3.63) is 70.0 Å². The highest BCUT2D eigenvalue weighted by Gasteiger charge is 2.64. The van der Waals surface area contributed by atoms with Crippen LogP contribution < -0.4 is 5.73 Å². The Bertz CT molecular complexity index is 1540. The minimum atomic E-state index is -2.68. The zero-order valence-corrected chi connectivity index (χ0v) is 21.6. The number of primary amides is 1. The molecule has 0 unspecified atom stereocenters. The number of hydrogen-bond donors (Lipinski definition) is 5. The van der Waals surface area contributed by atoms with E-state index < -0.39 is 58.0 Å². The molecule has 6 N–H and O–H groups in total. The molecule has 10 heteroatoms. The fourth-order valence-electron chi connectivity index (χ4n) is 6.40. The van der Waals surface area contributed by atoms with Gasteiger partial charge in [0.15, 0.2) is 17.2 Å². The SMILES string of the molecule is CC(=O)c1ccc(-c2ccc(O)c3c2C[C@@H]2C[C@@H]4[C@@H](N(C)C)C(=O)C(C(N)=O)=C(O)[C@]4(O)C(=O)C2=C3O)cc1. The number of phenols is 1. The molecule has 2 aromatic carbocycles. The Morgan fingerprint density at radius 2 is 1.67 bits per heavy atom. The van der Waals surface area contributed by atoms with Crippen LogP contribution in [0.2, 0.25) is 0 Å². The smallest absolute Gasteiger partial charge is 0.255 e. The molecule has 39 heavy (non-hydrogen) atoms. The molecule has 0 bridgehead atoms. The van der Waals surface area contributed by atoms with E-state index in [0.29, 0.717) is 16.7 Å². The van der Waals surface area contributed by atoms with Crippen molar-refractivity contribution >= 4 is 29.0 Å². The Kier molecular flexibility index (Phi) is 6.00. The Morgan fingerprint density at radius 3 is 2.23 bits per heavy atom. The number of aromatic hydroxyl groups is 1. The summed E-state index contributed by atoms with van der Waals surface area (Å²) < 4.78 is 0. The van der Waals surface area contributed by atoms with Gasteiger partial charge in [0.25, 0.3) is 5.91 Å². The number of aliphatic hydroxyl groups is 3. The molecule has 5 rings (SSSR count). The average molecular weight is 533 g/mol. The minimum absolute atomic E-state index is 0.00410. The number of phenolic OH excluding ortho intramolecular Hbond substituents is 1. The summed E-state index contributed by atoms with van der Waals surface area (Å²) in [6.45, 7) is 1.46. The number of fused-ring (bicyclic) bond motifs is 3. The predicted octanol–water partition coefficient (Wildman–Crippen LogP) is 1.83. The van der Waals surface area contributed by atoms with Gasteiger partial charge in [-0.05, 0) is 62.5 Å². The molecule has 4 atom stereocenters. The van der Waals surface area contributed by atoms with E-state index in [1.165, 1.54) is 17.9 Å². The molecule has 0 aliphatic heterocycles. The third kappa shape index (κ3) is 3.63. The number of nitrogens with two attached hydrogens (primary N) is 1. The molecule has 202 valence electrons. The molecule has 1 fully saturated rings. The number of carbonyl (C=O) groups is 4.